The van der Waals surface area contributed by atoms with E-state index in [-0.39, 0.29) is 22.9 Å². The number of aromatic nitrogens is 1. The Balaban J connectivity index is 2.93. The molecular weight excluding hydrogens is 267 g/mol. The number of hydrogen-bond acceptors (Lipinski definition) is 4. The van der Waals surface area contributed by atoms with Crippen LogP contribution < -0.4 is 11.2 Å². The van der Waals surface area contributed by atoms with E-state index in [2.05, 4.69) is 0 Å². The number of benzene rings is 1. The summed E-state index contributed by atoms with van der Waals surface area (Å²) in [6.07, 6.45) is 1.05. The predicted octanol–water partition coefficient (Wildman–Crippen LogP) is 0.599. The van der Waals surface area contributed by atoms with Gasteiger partial charge >= 0.3 is 0 Å². The number of aromatic hydroxyl groups is 2. The van der Waals surface area contributed by atoms with Crippen LogP contribution in [0.4, 0.5) is 4.39 Å². The molecule has 0 atom stereocenters. The number of fused-ring (bicyclic) bond motifs is 1. The lowest BCUT2D eigenvalue weighted by Crippen LogP contribution is -2.22. The number of carbonyl (C=O) groups is 1. The molecule has 1 aromatic heterocycles. The van der Waals surface area contributed by atoms with E-state index in [4.69, 9.17) is 5.73 Å². The molecule has 6 nitrogen and oxygen atoms in total. The molecule has 0 aliphatic carbocycles. The molecule has 0 radical (unpaired) electrons. The van der Waals surface area contributed by atoms with Crippen molar-refractivity contribution in [1.82, 2.24) is 4.57 Å². The number of nitrogens with two attached hydrogens (primary N) is 1. The van der Waals surface area contributed by atoms with Gasteiger partial charge in [-0.25, -0.2) is 4.39 Å². The third-order valence-electron chi connectivity index (χ3n) is 3.04. The number of nitrogens with zero attached hydrogens (tertiary/aromatic N) is 1. The Labute approximate surface area is 112 Å². The van der Waals surface area contributed by atoms with Crippen LogP contribution in [0.5, 0.6) is 11.5 Å². The Kier molecular flexibility index (Phi) is 3.35. The van der Waals surface area contributed by atoms with Crippen LogP contribution in [0.2, 0.25) is 0 Å². The Morgan fingerprint density at radius 2 is 2.10 bits per heavy atom. The monoisotopic (exact) mass is 280 g/mol. The fraction of sp³-hybridized carbons (Fsp3) is 0.231. The fourth-order valence-corrected chi connectivity index (χ4v) is 2.12. The van der Waals surface area contributed by atoms with E-state index in [9.17, 15) is 24.2 Å². The van der Waals surface area contributed by atoms with Crippen molar-refractivity contribution in [1.29, 1.82) is 0 Å². The topological polar surface area (TPSA) is 106 Å². The van der Waals surface area contributed by atoms with E-state index in [1.54, 1.807) is 6.92 Å². The van der Waals surface area contributed by atoms with Crippen LogP contribution in [-0.2, 0) is 17.8 Å². The molecule has 2 aromatic rings. The van der Waals surface area contributed by atoms with Gasteiger partial charge in [-0.2, -0.15) is 0 Å². The highest BCUT2D eigenvalue weighted by atomic mass is 19.1. The lowest BCUT2D eigenvalue weighted by atomic mass is 10.1. The predicted molar refractivity (Wildman–Crippen MR) is 70.1 cm³/mol. The number of hydrogen-bond donors (Lipinski definition) is 3. The molecular formula is C13H13FN2O4. The highest BCUT2D eigenvalue weighted by Crippen LogP contribution is 2.33. The van der Waals surface area contributed by atoms with Gasteiger partial charge in [0.25, 0.3) is 0 Å². The second-order valence-electron chi connectivity index (χ2n) is 4.37. The lowest BCUT2D eigenvalue weighted by molar-refractivity contribution is -0.117. The molecule has 1 aromatic carbocycles. The van der Waals surface area contributed by atoms with Gasteiger partial charge in [0.05, 0.1) is 17.3 Å². The van der Waals surface area contributed by atoms with Gasteiger partial charge in [-0.1, -0.05) is 0 Å². The first-order valence-electron chi connectivity index (χ1n) is 5.91. The molecule has 2 rings (SSSR count). The van der Waals surface area contributed by atoms with Gasteiger partial charge in [0.1, 0.15) is 0 Å². The van der Waals surface area contributed by atoms with Crippen LogP contribution in [0.15, 0.2) is 17.1 Å². The molecule has 4 N–H and O–H groups in total. The van der Waals surface area contributed by atoms with Crippen LogP contribution >= 0.6 is 0 Å². The average molecular weight is 280 g/mol. The molecule has 106 valence electrons. The minimum atomic E-state index is -1.08. The Hall–Kier alpha value is -2.57. The number of halogens is 1. The minimum Gasteiger partial charge on any atom is -0.504 e. The number of carbonyl (C=O) groups excluding carboxylic acids is 1. The summed E-state index contributed by atoms with van der Waals surface area (Å²) < 4.78 is 15.4. The molecule has 0 spiro atoms. The molecule has 0 aliphatic heterocycles. The van der Waals surface area contributed by atoms with Crippen LogP contribution in [-0.4, -0.2) is 20.7 Å². The number of pyridine rings is 1. The Morgan fingerprint density at radius 1 is 1.45 bits per heavy atom. The summed E-state index contributed by atoms with van der Waals surface area (Å²) >= 11 is 0. The SMILES string of the molecule is CCn1cc(CC(N)=O)c(=O)c2cc(O)c(O)c(F)c21. The van der Waals surface area contributed by atoms with E-state index in [0.717, 1.165) is 6.07 Å². The first-order valence-corrected chi connectivity index (χ1v) is 5.91. The van der Waals surface area contributed by atoms with Crippen molar-refractivity contribution >= 4 is 16.8 Å². The van der Waals surface area contributed by atoms with Gasteiger partial charge in [-0.05, 0) is 13.0 Å². The van der Waals surface area contributed by atoms with E-state index >= 15 is 0 Å². The Bertz CT molecular complexity index is 767. The molecule has 0 fully saturated rings. The molecule has 0 aliphatic rings. The molecule has 20 heavy (non-hydrogen) atoms. The second kappa shape index (κ2) is 4.84. The number of phenols is 2. The van der Waals surface area contributed by atoms with Gasteiger partial charge in [0.15, 0.2) is 22.7 Å². The number of phenolic OH excluding ortho intramolecular Hbond substituents is 2. The summed E-state index contributed by atoms with van der Waals surface area (Å²) in [6, 6.07) is 0.979. The smallest absolute Gasteiger partial charge is 0.222 e. The van der Waals surface area contributed by atoms with E-state index < -0.39 is 28.7 Å². The summed E-state index contributed by atoms with van der Waals surface area (Å²) in [5.74, 6) is -3.41. The maximum absolute atomic E-state index is 14.0. The van der Waals surface area contributed by atoms with Crippen molar-refractivity contribution in [2.24, 2.45) is 5.73 Å². The zero-order chi connectivity index (χ0) is 15.0. The molecule has 1 amide bonds. The maximum atomic E-state index is 14.0. The van der Waals surface area contributed by atoms with Crippen molar-refractivity contribution in [2.45, 2.75) is 19.9 Å². The summed E-state index contributed by atoms with van der Waals surface area (Å²) in [4.78, 5) is 23.1. The van der Waals surface area contributed by atoms with Crippen LogP contribution in [0.1, 0.15) is 12.5 Å². The molecule has 0 unspecified atom stereocenters. The molecule has 1 heterocycles. The molecule has 0 saturated carbocycles. The van der Waals surface area contributed by atoms with E-state index in [0.29, 0.717) is 6.54 Å². The standard InChI is InChI=1S/C13H13FN2O4/c1-2-16-5-6(3-9(15)18)12(19)7-4-8(17)13(20)10(14)11(7)16/h4-5,17,20H,2-3H2,1H3,(H2,15,18). The summed E-state index contributed by atoms with van der Waals surface area (Å²) in [5.41, 5.74) is 4.45. The molecule has 7 heteroatoms. The number of aryl methyl sites for hydroxylation is 1. The van der Waals surface area contributed by atoms with Crippen molar-refractivity contribution in [2.75, 3.05) is 0 Å². The number of primary amides is 1. The van der Waals surface area contributed by atoms with E-state index in [1.807, 2.05) is 0 Å². The third kappa shape index (κ3) is 2.07. The first-order chi connectivity index (χ1) is 9.36. The highest BCUT2D eigenvalue weighted by Gasteiger charge is 2.19. The molecule has 0 saturated heterocycles. The van der Waals surface area contributed by atoms with Crippen molar-refractivity contribution in [3.8, 4) is 11.5 Å². The summed E-state index contributed by atoms with van der Waals surface area (Å²) in [5, 5.41) is 18.7. The second-order valence-corrected chi connectivity index (χ2v) is 4.37. The maximum Gasteiger partial charge on any atom is 0.222 e. The third-order valence-corrected chi connectivity index (χ3v) is 3.04. The average Bonchev–Trinajstić information content (AvgIpc) is 2.39. The van der Waals surface area contributed by atoms with Crippen LogP contribution in [0, 0.1) is 5.82 Å². The van der Waals surface area contributed by atoms with Gasteiger partial charge in [-0.15, -0.1) is 0 Å². The summed E-state index contributed by atoms with van der Waals surface area (Å²) in [6.45, 7) is 2.02. The lowest BCUT2D eigenvalue weighted by Gasteiger charge is -2.13. The number of rotatable bonds is 3. The van der Waals surface area contributed by atoms with Gasteiger partial charge < -0.3 is 20.5 Å². The Morgan fingerprint density at radius 3 is 2.65 bits per heavy atom. The zero-order valence-corrected chi connectivity index (χ0v) is 10.7. The van der Waals surface area contributed by atoms with Crippen LogP contribution in [0.25, 0.3) is 10.9 Å². The fourth-order valence-electron chi connectivity index (χ4n) is 2.12. The van der Waals surface area contributed by atoms with E-state index in [1.165, 1.54) is 10.8 Å². The first kappa shape index (κ1) is 13.9. The quantitative estimate of drug-likeness (QED) is 0.716. The largest absolute Gasteiger partial charge is 0.504 e. The van der Waals surface area contributed by atoms with Gasteiger partial charge in [-0.3, -0.25) is 9.59 Å². The zero-order valence-electron chi connectivity index (χ0n) is 10.7. The normalized spacial score (nSPS) is 10.9. The number of amides is 1. The molecule has 0 bridgehead atoms. The van der Waals surface area contributed by atoms with Crippen molar-refractivity contribution in [3.05, 3.63) is 33.9 Å². The summed E-state index contributed by atoms with van der Waals surface area (Å²) in [7, 11) is 0. The van der Waals surface area contributed by atoms with Gasteiger partial charge in [0.2, 0.25) is 5.91 Å². The van der Waals surface area contributed by atoms with Crippen LogP contribution in [0.3, 0.4) is 0 Å². The van der Waals surface area contributed by atoms with Crippen molar-refractivity contribution < 1.29 is 19.4 Å². The highest BCUT2D eigenvalue weighted by molar-refractivity contribution is 5.85. The minimum absolute atomic E-state index is 0.108. The van der Waals surface area contributed by atoms with Crippen molar-refractivity contribution in [3.63, 3.8) is 0 Å². The van der Waals surface area contributed by atoms with Gasteiger partial charge in [0, 0.05) is 18.3 Å².